The van der Waals surface area contributed by atoms with Crippen LogP contribution in [0.3, 0.4) is 0 Å². The molecule has 7 heteroatoms. The molecule has 0 aromatic heterocycles. The second kappa shape index (κ2) is 5.68. The van der Waals surface area contributed by atoms with Gasteiger partial charge in [0.25, 0.3) is 0 Å². The first kappa shape index (κ1) is 14.6. The van der Waals surface area contributed by atoms with Crippen LogP contribution in [0.5, 0.6) is 0 Å². The number of nitrogens with two attached hydrogens (primary N) is 1. The van der Waals surface area contributed by atoms with Gasteiger partial charge < -0.3 is 5.73 Å². The first-order valence-electron chi connectivity index (χ1n) is 6.06. The lowest BCUT2D eigenvalue weighted by atomic mass is 10.2. The number of nitrogens with one attached hydrogen (secondary N) is 1. The van der Waals surface area contributed by atoms with Crippen LogP contribution in [0.25, 0.3) is 0 Å². The van der Waals surface area contributed by atoms with Crippen LogP contribution in [0.4, 0.5) is 10.1 Å². The van der Waals surface area contributed by atoms with Crippen LogP contribution in [0, 0.1) is 12.7 Å². The van der Waals surface area contributed by atoms with Crippen molar-refractivity contribution >= 4 is 27.5 Å². The molecule has 1 heterocycles. The second-order valence-corrected chi connectivity index (χ2v) is 7.57. The lowest BCUT2D eigenvalue weighted by molar-refractivity contribution is 0.527. The number of thioether (sulfide) groups is 1. The smallest absolute Gasteiger partial charge is 0.240 e. The molecule has 1 fully saturated rings. The topological polar surface area (TPSA) is 72.2 Å². The summed E-state index contributed by atoms with van der Waals surface area (Å²) < 4.78 is 40.5. The van der Waals surface area contributed by atoms with Crippen LogP contribution < -0.4 is 10.5 Å². The molecule has 0 bridgehead atoms. The molecule has 106 valence electrons. The Morgan fingerprint density at radius 2 is 2.00 bits per heavy atom. The number of hydrogen-bond donors (Lipinski definition) is 2. The molecule has 0 atom stereocenters. The fraction of sp³-hybridized carbons (Fsp3) is 0.500. The van der Waals surface area contributed by atoms with Gasteiger partial charge in [0.1, 0.15) is 5.82 Å². The number of benzene rings is 1. The SMILES string of the molecule is Cc1c(N)cc(S(=O)(=O)NC2CCSCC2)cc1F. The molecule has 0 radical (unpaired) electrons. The third kappa shape index (κ3) is 3.40. The Hall–Kier alpha value is -0.790. The maximum atomic E-state index is 13.6. The van der Waals surface area contributed by atoms with E-state index in [9.17, 15) is 12.8 Å². The zero-order valence-corrected chi connectivity index (χ0v) is 12.3. The van der Waals surface area contributed by atoms with Crippen molar-refractivity contribution in [2.24, 2.45) is 0 Å². The summed E-state index contributed by atoms with van der Waals surface area (Å²) in [6.07, 6.45) is 1.60. The summed E-state index contributed by atoms with van der Waals surface area (Å²) in [6, 6.07) is 2.25. The van der Waals surface area contributed by atoms with E-state index in [1.165, 1.54) is 13.0 Å². The fourth-order valence-electron chi connectivity index (χ4n) is 1.93. The molecular formula is C12H17FN2O2S2. The van der Waals surface area contributed by atoms with E-state index in [4.69, 9.17) is 5.73 Å². The minimum absolute atomic E-state index is 0.0724. The highest BCUT2D eigenvalue weighted by Crippen LogP contribution is 2.23. The Morgan fingerprint density at radius 3 is 2.58 bits per heavy atom. The molecule has 2 rings (SSSR count). The van der Waals surface area contributed by atoms with E-state index in [0.29, 0.717) is 0 Å². The van der Waals surface area contributed by atoms with E-state index in [1.54, 1.807) is 0 Å². The van der Waals surface area contributed by atoms with E-state index in [1.807, 2.05) is 11.8 Å². The lowest BCUT2D eigenvalue weighted by Gasteiger charge is -2.22. The van der Waals surface area contributed by atoms with E-state index >= 15 is 0 Å². The van der Waals surface area contributed by atoms with Gasteiger partial charge in [0.15, 0.2) is 0 Å². The van der Waals surface area contributed by atoms with Gasteiger partial charge in [-0.2, -0.15) is 11.8 Å². The molecule has 0 spiro atoms. The Balaban J connectivity index is 2.24. The zero-order valence-electron chi connectivity index (χ0n) is 10.6. The standard InChI is InChI=1S/C12H17FN2O2S2/c1-8-11(13)6-10(7-12(8)14)19(16,17)15-9-2-4-18-5-3-9/h6-7,9,15H,2-5,14H2,1H3. The Kier molecular flexibility index (Phi) is 4.37. The first-order chi connectivity index (χ1) is 8.90. The number of anilines is 1. The summed E-state index contributed by atoms with van der Waals surface area (Å²) >= 11 is 1.81. The maximum absolute atomic E-state index is 13.6. The molecule has 19 heavy (non-hydrogen) atoms. The largest absolute Gasteiger partial charge is 0.398 e. The third-order valence-electron chi connectivity index (χ3n) is 3.21. The summed E-state index contributed by atoms with van der Waals surface area (Å²) in [5, 5.41) is 0. The number of nitrogen functional groups attached to an aromatic ring is 1. The number of hydrogen-bond acceptors (Lipinski definition) is 4. The molecule has 0 unspecified atom stereocenters. The Labute approximate surface area is 117 Å². The Bertz CT molecular complexity index is 546. The molecule has 1 aromatic carbocycles. The lowest BCUT2D eigenvalue weighted by Crippen LogP contribution is -2.37. The minimum atomic E-state index is -3.70. The van der Waals surface area contributed by atoms with Gasteiger partial charge in [0.2, 0.25) is 10.0 Å². The van der Waals surface area contributed by atoms with Crippen molar-refractivity contribution in [3.05, 3.63) is 23.5 Å². The van der Waals surface area contributed by atoms with Gasteiger partial charge in [-0.25, -0.2) is 17.5 Å². The molecule has 0 aliphatic carbocycles. The van der Waals surface area contributed by atoms with Crippen molar-refractivity contribution in [1.82, 2.24) is 4.72 Å². The predicted molar refractivity (Wildman–Crippen MR) is 76.2 cm³/mol. The third-order valence-corrected chi connectivity index (χ3v) is 5.76. The predicted octanol–water partition coefficient (Wildman–Crippen LogP) is 1.89. The molecule has 1 saturated heterocycles. The van der Waals surface area contributed by atoms with Crippen molar-refractivity contribution in [2.75, 3.05) is 17.2 Å². The maximum Gasteiger partial charge on any atom is 0.240 e. The molecule has 0 saturated carbocycles. The average Bonchev–Trinajstić information content (AvgIpc) is 2.36. The van der Waals surface area contributed by atoms with E-state index in [0.717, 1.165) is 30.4 Å². The van der Waals surface area contributed by atoms with Crippen molar-refractivity contribution in [2.45, 2.75) is 30.7 Å². The van der Waals surface area contributed by atoms with Gasteiger partial charge in [0.05, 0.1) is 4.90 Å². The summed E-state index contributed by atoms with van der Waals surface area (Å²) in [6.45, 7) is 1.52. The van der Waals surface area contributed by atoms with Crippen molar-refractivity contribution in [3.8, 4) is 0 Å². The highest BCUT2D eigenvalue weighted by molar-refractivity contribution is 7.99. The van der Waals surface area contributed by atoms with Crippen LogP contribution >= 0.6 is 11.8 Å². The second-order valence-electron chi connectivity index (χ2n) is 4.63. The first-order valence-corrected chi connectivity index (χ1v) is 8.69. The summed E-state index contributed by atoms with van der Waals surface area (Å²) in [4.78, 5) is -0.105. The van der Waals surface area contributed by atoms with Gasteiger partial charge in [0, 0.05) is 17.3 Å². The van der Waals surface area contributed by atoms with Crippen LogP contribution in [-0.2, 0) is 10.0 Å². The van der Waals surface area contributed by atoms with E-state index in [2.05, 4.69) is 4.72 Å². The highest BCUT2D eigenvalue weighted by atomic mass is 32.2. The van der Waals surface area contributed by atoms with Crippen LogP contribution in [-0.4, -0.2) is 26.0 Å². The quantitative estimate of drug-likeness (QED) is 0.837. The molecule has 3 N–H and O–H groups in total. The van der Waals surface area contributed by atoms with E-state index < -0.39 is 15.8 Å². The van der Waals surface area contributed by atoms with Gasteiger partial charge in [-0.05, 0) is 43.4 Å². The minimum Gasteiger partial charge on any atom is -0.398 e. The van der Waals surface area contributed by atoms with Crippen LogP contribution in [0.15, 0.2) is 17.0 Å². The van der Waals surface area contributed by atoms with Crippen LogP contribution in [0.1, 0.15) is 18.4 Å². The Morgan fingerprint density at radius 1 is 1.37 bits per heavy atom. The van der Waals surface area contributed by atoms with Gasteiger partial charge in [-0.1, -0.05) is 0 Å². The summed E-state index contributed by atoms with van der Waals surface area (Å²) in [5.74, 6) is 1.29. The summed E-state index contributed by atoms with van der Waals surface area (Å²) in [5.41, 5.74) is 6.04. The fourth-order valence-corrected chi connectivity index (χ4v) is 4.39. The molecule has 4 nitrogen and oxygen atoms in total. The van der Waals surface area contributed by atoms with Crippen molar-refractivity contribution in [1.29, 1.82) is 0 Å². The molecule has 1 aliphatic heterocycles. The monoisotopic (exact) mass is 304 g/mol. The normalized spacial score (nSPS) is 17.6. The van der Waals surface area contributed by atoms with Gasteiger partial charge in [-0.3, -0.25) is 0 Å². The summed E-state index contributed by atoms with van der Waals surface area (Å²) in [7, 11) is -3.70. The van der Waals surface area contributed by atoms with Gasteiger partial charge in [-0.15, -0.1) is 0 Å². The number of sulfonamides is 1. The molecule has 1 aromatic rings. The highest BCUT2D eigenvalue weighted by Gasteiger charge is 2.23. The number of halogens is 1. The number of rotatable bonds is 3. The van der Waals surface area contributed by atoms with E-state index in [-0.39, 0.29) is 22.2 Å². The molecule has 1 aliphatic rings. The molecule has 0 amide bonds. The molecular weight excluding hydrogens is 287 g/mol. The van der Waals surface area contributed by atoms with Gasteiger partial charge >= 0.3 is 0 Å². The zero-order chi connectivity index (χ0) is 14.0. The van der Waals surface area contributed by atoms with Crippen LogP contribution in [0.2, 0.25) is 0 Å². The van der Waals surface area contributed by atoms with Crippen molar-refractivity contribution in [3.63, 3.8) is 0 Å². The van der Waals surface area contributed by atoms with Crippen molar-refractivity contribution < 1.29 is 12.8 Å². The average molecular weight is 304 g/mol.